The second-order valence-electron chi connectivity index (χ2n) is 13.8. The summed E-state index contributed by atoms with van der Waals surface area (Å²) in [5.74, 6) is -10.4. The second-order valence-corrected chi connectivity index (χ2v) is 18.6. The molecule has 2 aromatic carbocycles. The highest BCUT2D eigenvalue weighted by atomic mass is 28.4. The summed E-state index contributed by atoms with van der Waals surface area (Å²) in [5.41, 5.74) is 0.368. The molecule has 4 atom stereocenters. The van der Waals surface area contributed by atoms with Crippen LogP contribution in [0.2, 0.25) is 18.1 Å². The van der Waals surface area contributed by atoms with Crippen LogP contribution in [0, 0.1) is 5.92 Å². The normalized spacial score (nSPS) is 14.9. The van der Waals surface area contributed by atoms with Crippen molar-refractivity contribution in [3.05, 3.63) is 65.7 Å². The number of carbonyl (C=O) groups is 4. The fourth-order valence-corrected chi connectivity index (χ4v) is 5.39. The number of methoxy groups -OCH3 is 1. The van der Waals surface area contributed by atoms with Crippen molar-refractivity contribution in [3.63, 3.8) is 0 Å². The molecule has 0 saturated carbocycles. The molecule has 0 saturated heterocycles. The topological polar surface area (TPSA) is 155 Å². The molecule has 0 aromatic heterocycles. The van der Waals surface area contributed by atoms with Gasteiger partial charge >= 0.3 is 12.1 Å². The van der Waals surface area contributed by atoms with Crippen LogP contribution in [0.4, 0.5) is 22.0 Å². The van der Waals surface area contributed by atoms with Crippen molar-refractivity contribution in [2.24, 2.45) is 5.92 Å². The van der Waals surface area contributed by atoms with Crippen LogP contribution in [-0.2, 0) is 18.8 Å². The molecule has 0 fully saturated rings. The van der Waals surface area contributed by atoms with Gasteiger partial charge in [0.25, 0.3) is 11.8 Å². The number of hydrogen-bond acceptors (Lipinski definition) is 7. The van der Waals surface area contributed by atoms with E-state index in [-0.39, 0.29) is 22.8 Å². The Bertz CT molecular complexity index is 1490. The van der Waals surface area contributed by atoms with E-state index in [2.05, 4.69) is 16.0 Å². The Kier molecular flexibility index (Phi) is 14.7. The third-order valence-corrected chi connectivity index (χ3v) is 13.1. The van der Waals surface area contributed by atoms with Crippen LogP contribution >= 0.6 is 0 Å². The van der Waals surface area contributed by atoms with Gasteiger partial charge in [-0.1, -0.05) is 65.0 Å². The molecule has 0 bridgehead atoms. The molecule has 4 amide bonds. The van der Waals surface area contributed by atoms with Crippen molar-refractivity contribution >= 4 is 31.9 Å². The summed E-state index contributed by atoms with van der Waals surface area (Å²) >= 11 is 0. The zero-order valence-corrected chi connectivity index (χ0v) is 30.8. The maximum Gasteiger partial charge on any atom is 0.405 e. The molecule has 17 heteroatoms. The number of aliphatic hydroxyl groups is 1. The Morgan fingerprint density at radius 2 is 1.41 bits per heavy atom. The number of aliphatic hydroxyl groups excluding tert-OH is 1. The van der Waals surface area contributed by atoms with Crippen LogP contribution in [0.15, 0.2) is 54.6 Å². The maximum atomic E-state index is 15.0. The molecule has 2 aromatic rings. The standard InChI is InChI=1S/C34H47F5N4O7Si/c1-20(2)25(27(44)34(38,39)31(48)40-19-33(35,36)37)42-30(47)26(21-14-16-23(49-6)17-15-21)43-29(46)24(18-50-51(7,8)32(3,4)5)41-28(45)22-12-10-9-11-13-22/h9-17,20,24-27,44H,18-19H2,1-8H3,(H,40,48)(H,41,45)(H,42,47)(H,43,46). The minimum atomic E-state index is -5.00. The monoisotopic (exact) mass is 746 g/mol. The maximum absolute atomic E-state index is 15.0. The van der Waals surface area contributed by atoms with Crippen LogP contribution in [0.3, 0.4) is 0 Å². The highest BCUT2D eigenvalue weighted by Crippen LogP contribution is 2.36. The van der Waals surface area contributed by atoms with E-state index in [4.69, 9.17) is 9.16 Å². The van der Waals surface area contributed by atoms with Gasteiger partial charge in [-0.05, 0) is 53.9 Å². The average Bonchev–Trinajstić information content (AvgIpc) is 3.05. The molecule has 11 nitrogen and oxygen atoms in total. The predicted octanol–water partition coefficient (Wildman–Crippen LogP) is 4.49. The molecule has 0 heterocycles. The van der Waals surface area contributed by atoms with Gasteiger partial charge in [-0.15, -0.1) is 0 Å². The van der Waals surface area contributed by atoms with Crippen molar-refractivity contribution in [2.75, 3.05) is 20.3 Å². The van der Waals surface area contributed by atoms with Gasteiger partial charge in [0.15, 0.2) is 8.32 Å². The van der Waals surface area contributed by atoms with Gasteiger partial charge in [-0.3, -0.25) is 19.2 Å². The van der Waals surface area contributed by atoms with E-state index in [0.717, 1.165) is 5.32 Å². The Hall–Kier alpha value is -4.09. The molecular formula is C34H47F5N4O7Si. The Labute approximate surface area is 295 Å². The van der Waals surface area contributed by atoms with Gasteiger partial charge in [0.1, 0.15) is 30.5 Å². The fraction of sp³-hybridized carbons (Fsp3) is 0.529. The number of carbonyl (C=O) groups excluding carboxylic acids is 4. The van der Waals surface area contributed by atoms with Gasteiger partial charge < -0.3 is 35.5 Å². The van der Waals surface area contributed by atoms with E-state index in [0.29, 0.717) is 5.75 Å². The van der Waals surface area contributed by atoms with Crippen LogP contribution in [0.25, 0.3) is 0 Å². The molecule has 0 aliphatic heterocycles. The zero-order valence-electron chi connectivity index (χ0n) is 29.8. The summed E-state index contributed by atoms with van der Waals surface area (Å²) in [6.07, 6.45) is -7.97. The van der Waals surface area contributed by atoms with Gasteiger partial charge in [-0.2, -0.15) is 22.0 Å². The van der Waals surface area contributed by atoms with E-state index in [1.165, 1.54) is 57.4 Å². The van der Waals surface area contributed by atoms with E-state index in [1.807, 2.05) is 33.9 Å². The third kappa shape index (κ3) is 12.3. The molecule has 284 valence electrons. The number of amides is 4. The van der Waals surface area contributed by atoms with Crippen molar-refractivity contribution in [1.29, 1.82) is 0 Å². The lowest BCUT2D eigenvalue weighted by Gasteiger charge is -2.37. The minimum Gasteiger partial charge on any atom is -0.497 e. The predicted molar refractivity (Wildman–Crippen MR) is 182 cm³/mol. The SMILES string of the molecule is COc1ccc(C(NC(=O)C(CO[Si](C)(C)C(C)(C)C)NC(=O)c2ccccc2)C(=O)NC(C(C)C)C(O)C(F)(F)C(=O)NCC(F)(F)F)cc1. The van der Waals surface area contributed by atoms with E-state index in [1.54, 1.807) is 18.2 Å². The van der Waals surface area contributed by atoms with E-state index >= 15 is 0 Å². The first-order valence-corrected chi connectivity index (χ1v) is 19.0. The number of nitrogens with one attached hydrogen (secondary N) is 4. The third-order valence-electron chi connectivity index (χ3n) is 8.56. The lowest BCUT2D eigenvalue weighted by molar-refractivity contribution is -0.175. The fourth-order valence-electron chi connectivity index (χ4n) is 4.38. The Balaban J connectivity index is 2.48. The summed E-state index contributed by atoms with van der Waals surface area (Å²) < 4.78 is 79.1. The van der Waals surface area contributed by atoms with E-state index in [9.17, 15) is 46.2 Å². The molecule has 4 unspecified atom stereocenters. The molecule has 0 spiro atoms. The van der Waals surface area contributed by atoms with Crippen molar-refractivity contribution in [1.82, 2.24) is 21.3 Å². The first kappa shape index (κ1) is 43.1. The summed E-state index contributed by atoms with van der Waals surface area (Å²) in [6.45, 7) is 10.1. The van der Waals surface area contributed by atoms with Crippen LogP contribution in [0.5, 0.6) is 5.75 Å². The molecule has 0 aliphatic rings. The van der Waals surface area contributed by atoms with Crippen LogP contribution in [0.1, 0.15) is 56.6 Å². The molecule has 2 rings (SSSR count). The number of ether oxygens (including phenoxy) is 1. The first-order chi connectivity index (χ1) is 23.4. The molecule has 5 N–H and O–H groups in total. The largest absolute Gasteiger partial charge is 0.497 e. The number of benzene rings is 2. The highest BCUT2D eigenvalue weighted by molar-refractivity contribution is 6.74. The van der Waals surface area contributed by atoms with Crippen LogP contribution in [-0.4, -0.2) is 87.6 Å². The molecule has 0 aliphatic carbocycles. The molecule has 51 heavy (non-hydrogen) atoms. The Morgan fingerprint density at radius 1 is 0.843 bits per heavy atom. The lowest BCUT2D eigenvalue weighted by Crippen LogP contribution is -2.61. The van der Waals surface area contributed by atoms with Crippen molar-refractivity contribution in [2.45, 2.75) is 89.1 Å². The second kappa shape index (κ2) is 17.4. The molecular weight excluding hydrogens is 699 g/mol. The quantitative estimate of drug-likeness (QED) is 0.125. The number of rotatable bonds is 16. The van der Waals surface area contributed by atoms with Crippen molar-refractivity contribution < 1.29 is 55.4 Å². The minimum absolute atomic E-state index is 0.131. The molecule has 0 radical (unpaired) electrons. The number of alkyl halides is 5. The summed E-state index contributed by atoms with van der Waals surface area (Å²) in [4.78, 5) is 53.0. The van der Waals surface area contributed by atoms with Crippen LogP contribution < -0.4 is 26.0 Å². The van der Waals surface area contributed by atoms with E-state index < -0.39 is 80.7 Å². The average molecular weight is 747 g/mol. The number of halogens is 5. The van der Waals surface area contributed by atoms with Crippen molar-refractivity contribution in [3.8, 4) is 5.75 Å². The highest BCUT2D eigenvalue weighted by Gasteiger charge is 2.52. The first-order valence-electron chi connectivity index (χ1n) is 16.1. The summed E-state index contributed by atoms with van der Waals surface area (Å²) in [5, 5.41) is 18.8. The van der Waals surface area contributed by atoms with Gasteiger partial charge in [0.2, 0.25) is 11.8 Å². The Morgan fingerprint density at radius 3 is 1.90 bits per heavy atom. The van der Waals surface area contributed by atoms with Gasteiger partial charge in [-0.25, -0.2) is 0 Å². The number of hydrogen-bond donors (Lipinski definition) is 5. The lowest BCUT2D eigenvalue weighted by atomic mass is 9.93. The zero-order chi connectivity index (χ0) is 38.9. The summed E-state index contributed by atoms with van der Waals surface area (Å²) in [6, 6.07) is 8.89. The van der Waals surface area contributed by atoms with Gasteiger partial charge in [0, 0.05) is 5.56 Å². The summed E-state index contributed by atoms with van der Waals surface area (Å²) in [7, 11) is -1.10. The van der Waals surface area contributed by atoms with Gasteiger partial charge in [0.05, 0.1) is 19.8 Å². The smallest absolute Gasteiger partial charge is 0.405 e.